The molecule has 0 saturated heterocycles. The molecule has 0 atom stereocenters. The summed E-state index contributed by atoms with van der Waals surface area (Å²) >= 11 is 0. The normalized spacial score (nSPS) is 21.7. The van der Waals surface area contributed by atoms with E-state index >= 15 is 0 Å². The molecule has 2 aromatic rings. The van der Waals surface area contributed by atoms with E-state index in [1.165, 1.54) is 111 Å². The Bertz CT molecular complexity index is 1420. The first-order chi connectivity index (χ1) is 22.7. The van der Waals surface area contributed by atoms with Gasteiger partial charge in [0, 0.05) is 65.2 Å². The summed E-state index contributed by atoms with van der Waals surface area (Å²) in [6.07, 6.45) is 21.8. The molecule has 1 aliphatic heterocycles. The van der Waals surface area contributed by atoms with Crippen LogP contribution in [-0.4, -0.2) is 28.3 Å². The van der Waals surface area contributed by atoms with E-state index in [1.807, 2.05) is 13.1 Å². The first-order valence-corrected chi connectivity index (χ1v) is 18.8. The number of hydrogen-bond acceptors (Lipinski definition) is 5. The maximum atomic E-state index is 5.00. The zero-order chi connectivity index (χ0) is 33.3. The highest BCUT2D eigenvalue weighted by Crippen LogP contribution is 2.39. The van der Waals surface area contributed by atoms with Crippen LogP contribution >= 0.6 is 0 Å². The molecule has 0 aromatic carbocycles. The Hall–Kier alpha value is -3.21. The van der Waals surface area contributed by atoms with Crippen LogP contribution < -0.4 is 10.2 Å². The Morgan fingerprint density at radius 3 is 2.28 bits per heavy atom. The van der Waals surface area contributed by atoms with E-state index in [9.17, 15) is 0 Å². The minimum Gasteiger partial charge on any atom is -0.386 e. The molecule has 3 aliphatic carbocycles. The molecule has 0 spiro atoms. The SMILES string of the molecule is C=C(C)NC1CCC1.C=C(C1CCCCC1)N(CC1CCC(c2ccc(CC)c(C)n2)CC1)c1cc(C2=CCC(C(C)C)=N2)ccn1. The molecule has 4 aliphatic rings. The molecule has 0 amide bonds. The van der Waals surface area contributed by atoms with Crippen LogP contribution in [-0.2, 0) is 6.42 Å². The van der Waals surface area contributed by atoms with Gasteiger partial charge in [-0.3, -0.25) is 9.98 Å². The molecule has 5 heteroatoms. The van der Waals surface area contributed by atoms with Crippen LogP contribution in [0.4, 0.5) is 5.82 Å². The highest BCUT2D eigenvalue weighted by atomic mass is 15.2. The van der Waals surface area contributed by atoms with Crippen molar-refractivity contribution < 1.29 is 0 Å². The van der Waals surface area contributed by atoms with E-state index in [0.29, 0.717) is 23.7 Å². The summed E-state index contributed by atoms with van der Waals surface area (Å²) in [6.45, 7) is 20.3. The average Bonchev–Trinajstić information content (AvgIpc) is 3.57. The summed E-state index contributed by atoms with van der Waals surface area (Å²) in [4.78, 5) is 17.4. The van der Waals surface area contributed by atoms with Crippen LogP contribution in [0.25, 0.3) is 5.70 Å². The van der Waals surface area contributed by atoms with Crippen molar-refractivity contribution >= 4 is 17.2 Å². The van der Waals surface area contributed by atoms with Gasteiger partial charge in [0.1, 0.15) is 5.82 Å². The quantitative estimate of drug-likeness (QED) is 0.267. The Morgan fingerprint density at radius 1 is 0.957 bits per heavy atom. The topological polar surface area (TPSA) is 53.4 Å². The standard InChI is InChI=1S/C35H48N4.C7H13N/c1-6-28-16-17-33(37-25(28)4)30-14-12-27(13-15-30)23-39(26(5)29-10-8-7-9-11-29)35-22-31(20-21-36-35)34-19-18-32(38-34)24(2)3;1-6(2)8-7-4-3-5-7/h16-17,19-22,24,27,29-30H,5-15,18,23H2,1-4H3;7-8H,1,3-5H2,2H3. The van der Waals surface area contributed by atoms with E-state index in [-0.39, 0.29) is 0 Å². The summed E-state index contributed by atoms with van der Waals surface area (Å²) in [5.74, 6) is 3.35. The average molecular weight is 636 g/mol. The van der Waals surface area contributed by atoms with Crippen molar-refractivity contribution in [1.82, 2.24) is 15.3 Å². The highest BCUT2D eigenvalue weighted by molar-refractivity contribution is 5.97. The van der Waals surface area contributed by atoms with Crippen LogP contribution in [0.2, 0.25) is 0 Å². The van der Waals surface area contributed by atoms with Gasteiger partial charge in [0.05, 0.1) is 5.70 Å². The molecule has 5 nitrogen and oxygen atoms in total. The summed E-state index contributed by atoms with van der Waals surface area (Å²) in [5.41, 5.74) is 9.82. The third kappa shape index (κ3) is 9.45. The zero-order valence-electron chi connectivity index (χ0n) is 30.2. The molecule has 0 bridgehead atoms. The Kier molecular flexibility index (Phi) is 12.5. The first-order valence-electron chi connectivity index (χ1n) is 18.8. The molecule has 6 rings (SSSR count). The van der Waals surface area contributed by atoms with Crippen LogP contribution in [0.5, 0.6) is 0 Å². The van der Waals surface area contributed by atoms with Gasteiger partial charge in [-0.15, -0.1) is 0 Å². The number of aliphatic imine (C=N–C) groups is 1. The zero-order valence-corrected chi connectivity index (χ0v) is 30.2. The van der Waals surface area contributed by atoms with Crippen molar-refractivity contribution in [2.45, 2.75) is 136 Å². The molecule has 3 saturated carbocycles. The minimum absolute atomic E-state index is 0.487. The fourth-order valence-corrected chi connectivity index (χ4v) is 7.74. The molecule has 3 heterocycles. The summed E-state index contributed by atoms with van der Waals surface area (Å²) < 4.78 is 0. The monoisotopic (exact) mass is 635 g/mol. The van der Waals surface area contributed by atoms with Crippen molar-refractivity contribution in [3.05, 3.63) is 83.6 Å². The largest absolute Gasteiger partial charge is 0.386 e. The number of aryl methyl sites for hydroxylation is 2. The molecule has 0 radical (unpaired) electrons. The molecule has 0 unspecified atom stereocenters. The smallest absolute Gasteiger partial charge is 0.133 e. The minimum atomic E-state index is 0.487. The van der Waals surface area contributed by atoms with Gasteiger partial charge in [0.15, 0.2) is 0 Å². The molecular weight excluding hydrogens is 574 g/mol. The van der Waals surface area contributed by atoms with E-state index in [4.69, 9.17) is 21.5 Å². The molecule has 1 N–H and O–H groups in total. The number of rotatable bonds is 11. The Balaban J connectivity index is 0.000000474. The number of aromatic nitrogens is 2. The van der Waals surface area contributed by atoms with Crippen molar-refractivity contribution in [2.24, 2.45) is 22.7 Å². The maximum absolute atomic E-state index is 5.00. The lowest BCUT2D eigenvalue weighted by Gasteiger charge is -2.37. The lowest BCUT2D eigenvalue weighted by Crippen LogP contribution is -2.34. The second kappa shape index (κ2) is 16.8. The van der Waals surface area contributed by atoms with Gasteiger partial charge in [0.25, 0.3) is 0 Å². The van der Waals surface area contributed by atoms with E-state index < -0.39 is 0 Å². The van der Waals surface area contributed by atoms with Crippen LogP contribution in [0, 0.1) is 24.7 Å². The molecule has 254 valence electrons. The predicted octanol–water partition coefficient (Wildman–Crippen LogP) is 10.7. The second-order valence-corrected chi connectivity index (χ2v) is 15.0. The van der Waals surface area contributed by atoms with Gasteiger partial charge in [0.2, 0.25) is 0 Å². The van der Waals surface area contributed by atoms with Crippen LogP contribution in [0.3, 0.4) is 0 Å². The van der Waals surface area contributed by atoms with Crippen molar-refractivity contribution in [1.29, 1.82) is 0 Å². The van der Waals surface area contributed by atoms with Crippen LogP contribution in [0.15, 0.2) is 66.1 Å². The number of anilines is 1. The number of allylic oxidation sites excluding steroid dienone is 3. The van der Waals surface area contributed by atoms with Gasteiger partial charge < -0.3 is 10.2 Å². The molecule has 47 heavy (non-hydrogen) atoms. The number of nitrogens with zero attached hydrogens (tertiary/aromatic N) is 4. The van der Waals surface area contributed by atoms with Gasteiger partial charge in [-0.05, 0) is 120 Å². The van der Waals surface area contributed by atoms with Crippen molar-refractivity contribution in [2.75, 3.05) is 11.4 Å². The third-order valence-corrected chi connectivity index (χ3v) is 11.0. The Morgan fingerprint density at radius 2 is 1.70 bits per heavy atom. The third-order valence-electron chi connectivity index (χ3n) is 11.0. The first kappa shape index (κ1) is 35.1. The van der Waals surface area contributed by atoms with Crippen molar-refractivity contribution in [3.63, 3.8) is 0 Å². The van der Waals surface area contributed by atoms with E-state index in [2.05, 4.69) is 74.8 Å². The van der Waals surface area contributed by atoms with Crippen molar-refractivity contribution in [3.8, 4) is 0 Å². The fourth-order valence-electron chi connectivity index (χ4n) is 7.74. The predicted molar refractivity (Wildman–Crippen MR) is 201 cm³/mol. The molecule has 2 aromatic heterocycles. The van der Waals surface area contributed by atoms with Gasteiger partial charge in [-0.1, -0.05) is 65.3 Å². The van der Waals surface area contributed by atoms with E-state index in [0.717, 1.165) is 42.6 Å². The summed E-state index contributed by atoms with van der Waals surface area (Å²) in [5, 5.41) is 3.28. The number of nitrogens with one attached hydrogen (secondary N) is 1. The Labute approximate surface area is 286 Å². The lowest BCUT2D eigenvalue weighted by atomic mass is 9.79. The second-order valence-electron chi connectivity index (χ2n) is 15.0. The van der Waals surface area contributed by atoms with Gasteiger partial charge in [-0.25, -0.2) is 4.98 Å². The molecular formula is C42H61N5. The fraction of sp³-hybridized carbons (Fsp3) is 0.595. The maximum Gasteiger partial charge on any atom is 0.133 e. The lowest BCUT2D eigenvalue weighted by molar-refractivity contribution is 0.320. The number of pyridine rings is 2. The molecule has 3 fully saturated rings. The summed E-state index contributed by atoms with van der Waals surface area (Å²) in [7, 11) is 0. The highest BCUT2D eigenvalue weighted by Gasteiger charge is 2.29. The van der Waals surface area contributed by atoms with Gasteiger partial charge >= 0.3 is 0 Å². The van der Waals surface area contributed by atoms with E-state index in [1.54, 1.807) is 0 Å². The van der Waals surface area contributed by atoms with Gasteiger partial charge in [-0.2, -0.15) is 0 Å². The summed E-state index contributed by atoms with van der Waals surface area (Å²) in [6, 6.07) is 9.72. The van der Waals surface area contributed by atoms with Crippen LogP contribution in [0.1, 0.15) is 140 Å². The number of hydrogen-bond donors (Lipinski definition) is 1.